The smallest absolute Gasteiger partial charge is 0.0634 e. The highest BCUT2D eigenvalue weighted by atomic mass is 16.5. The van der Waals surface area contributed by atoms with Crippen molar-refractivity contribution in [2.45, 2.75) is 82.9 Å². The van der Waals surface area contributed by atoms with Crippen LogP contribution in [0.3, 0.4) is 0 Å². The van der Waals surface area contributed by atoms with Gasteiger partial charge in [0.25, 0.3) is 0 Å². The van der Waals surface area contributed by atoms with Gasteiger partial charge in [0.05, 0.1) is 5.60 Å². The fraction of sp³-hybridized carbons (Fsp3) is 1.00. The standard InChI is InChI=1S/C17H34N2O/c1-5-15-13-18-17(9-7-6-8-10-17)14-19(15)12-11-16(2,3)20-4/h15,18H,5-14H2,1-4H3. The molecule has 0 amide bonds. The first-order chi connectivity index (χ1) is 9.50. The topological polar surface area (TPSA) is 24.5 Å². The molecule has 1 saturated carbocycles. The van der Waals surface area contributed by atoms with Crippen LogP contribution < -0.4 is 5.32 Å². The summed E-state index contributed by atoms with van der Waals surface area (Å²) in [4.78, 5) is 2.74. The van der Waals surface area contributed by atoms with E-state index in [0.29, 0.717) is 11.6 Å². The van der Waals surface area contributed by atoms with Crippen LogP contribution in [0.25, 0.3) is 0 Å². The van der Waals surface area contributed by atoms with Gasteiger partial charge >= 0.3 is 0 Å². The second-order valence-corrected chi connectivity index (χ2v) is 7.47. The molecule has 118 valence electrons. The number of rotatable bonds is 5. The van der Waals surface area contributed by atoms with Gasteiger partial charge in [0, 0.05) is 38.3 Å². The number of nitrogens with one attached hydrogen (secondary N) is 1. The normalized spacial score (nSPS) is 27.9. The van der Waals surface area contributed by atoms with E-state index in [1.54, 1.807) is 0 Å². The summed E-state index contributed by atoms with van der Waals surface area (Å²) in [5, 5.41) is 3.90. The van der Waals surface area contributed by atoms with Gasteiger partial charge in [-0.2, -0.15) is 0 Å². The van der Waals surface area contributed by atoms with E-state index in [2.05, 4.69) is 31.0 Å². The number of nitrogens with zero attached hydrogens (tertiary/aromatic N) is 1. The van der Waals surface area contributed by atoms with Gasteiger partial charge in [0.2, 0.25) is 0 Å². The van der Waals surface area contributed by atoms with Crippen molar-refractivity contribution >= 4 is 0 Å². The SMILES string of the molecule is CCC1CNC2(CCCCC2)CN1CCC(C)(C)OC. The van der Waals surface area contributed by atoms with E-state index >= 15 is 0 Å². The lowest BCUT2D eigenvalue weighted by Crippen LogP contribution is -2.65. The fourth-order valence-corrected chi connectivity index (χ4v) is 3.78. The van der Waals surface area contributed by atoms with E-state index in [4.69, 9.17) is 4.74 Å². The molecule has 20 heavy (non-hydrogen) atoms. The van der Waals surface area contributed by atoms with Crippen molar-refractivity contribution in [1.29, 1.82) is 0 Å². The third kappa shape index (κ3) is 3.96. The van der Waals surface area contributed by atoms with Gasteiger partial charge in [0.15, 0.2) is 0 Å². The van der Waals surface area contributed by atoms with Crippen molar-refractivity contribution in [2.75, 3.05) is 26.7 Å². The third-order valence-corrected chi connectivity index (χ3v) is 5.57. The quantitative estimate of drug-likeness (QED) is 0.838. The number of piperazine rings is 1. The van der Waals surface area contributed by atoms with Gasteiger partial charge in [-0.1, -0.05) is 26.2 Å². The van der Waals surface area contributed by atoms with E-state index in [0.717, 1.165) is 6.42 Å². The predicted octanol–water partition coefficient (Wildman–Crippen LogP) is 3.19. The molecule has 0 bridgehead atoms. The Morgan fingerprint density at radius 2 is 1.95 bits per heavy atom. The van der Waals surface area contributed by atoms with Gasteiger partial charge in [-0.25, -0.2) is 0 Å². The second-order valence-electron chi connectivity index (χ2n) is 7.47. The van der Waals surface area contributed by atoms with Crippen molar-refractivity contribution in [3.8, 4) is 0 Å². The Morgan fingerprint density at radius 3 is 2.55 bits per heavy atom. The Bertz CT molecular complexity index is 297. The van der Waals surface area contributed by atoms with Gasteiger partial charge < -0.3 is 10.1 Å². The van der Waals surface area contributed by atoms with Gasteiger partial charge in [-0.15, -0.1) is 0 Å². The first kappa shape index (κ1) is 16.3. The van der Waals surface area contributed by atoms with Crippen molar-refractivity contribution in [1.82, 2.24) is 10.2 Å². The number of methoxy groups -OCH3 is 1. The van der Waals surface area contributed by atoms with Gasteiger partial charge in [0.1, 0.15) is 0 Å². The largest absolute Gasteiger partial charge is 0.379 e. The van der Waals surface area contributed by atoms with Crippen LogP contribution >= 0.6 is 0 Å². The maximum absolute atomic E-state index is 5.59. The Morgan fingerprint density at radius 1 is 1.25 bits per heavy atom. The Labute approximate surface area is 125 Å². The molecule has 1 aliphatic heterocycles. The highest BCUT2D eigenvalue weighted by Gasteiger charge is 2.39. The second kappa shape index (κ2) is 6.76. The van der Waals surface area contributed by atoms with E-state index < -0.39 is 0 Å². The molecule has 2 fully saturated rings. The van der Waals surface area contributed by atoms with E-state index in [9.17, 15) is 0 Å². The molecule has 1 spiro atoms. The molecule has 0 radical (unpaired) electrons. The minimum atomic E-state index is 0.00287. The maximum Gasteiger partial charge on any atom is 0.0634 e. The first-order valence-corrected chi connectivity index (χ1v) is 8.54. The minimum Gasteiger partial charge on any atom is -0.379 e. The molecule has 3 heteroatoms. The molecule has 2 rings (SSSR count). The van der Waals surface area contributed by atoms with Crippen molar-refractivity contribution in [2.24, 2.45) is 0 Å². The van der Waals surface area contributed by atoms with Crippen LogP contribution in [0.4, 0.5) is 0 Å². The number of hydrogen-bond donors (Lipinski definition) is 1. The lowest BCUT2D eigenvalue weighted by atomic mass is 9.79. The molecule has 1 saturated heterocycles. The Balaban J connectivity index is 1.95. The Kier molecular flexibility index (Phi) is 5.49. The van der Waals surface area contributed by atoms with E-state index in [-0.39, 0.29) is 5.60 Å². The molecule has 3 nitrogen and oxygen atoms in total. The van der Waals surface area contributed by atoms with Crippen LogP contribution in [0.1, 0.15) is 65.7 Å². The molecule has 0 aromatic rings. The van der Waals surface area contributed by atoms with Crippen LogP contribution in [-0.2, 0) is 4.74 Å². The van der Waals surface area contributed by atoms with Gasteiger partial charge in [-0.05, 0) is 39.5 Å². The van der Waals surface area contributed by atoms with Crippen LogP contribution in [0.2, 0.25) is 0 Å². The highest BCUT2D eigenvalue weighted by Crippen LogP contribution is 2.32. The van der Waals surface area contributed by atoms with Crippen molar-refractivity contribution < 1.29 is 4.74 Å². The molecule has 1 aliphatic carbocycles. The van der Waals surface area contributed by atoms with Crippen LogP contribution in [-0.4, -0.2) is 48.8 Å². The van der Waals surface area contributed by atoms with Crippen LogP contribution in [0.15, 0.2) is 0 Å². The Hall–Kier alpha value is -0.120. The number of hydrogen-bond acceptors (Lipinski definition) is 3. The first-order valence-electron chi connectivity index (χ1n) is 8.54. The molecule has 2 aliphatic rings. The minimum absolute atomic E-state index is 0.00287. The summed E-state index contributed by atoms with van der Waals surface area (Å²) in [5.41, 5.74) is 0.421. The van der Waals surface area contributed by atoms with Crippen molar-refractivity contribution in [3.05, 3.63) is 0 Å². The predicted molar refractivity (Wildman–Crippen MR) is 85.2 cm³/mol. The highest BCUT2D eigenvalue weighted by molar-refractivity contribution is 4.99. The van der Waals surface area contributed by atoms with Gasteiger partial charge in [-0.3, -0.25) is 4.90 Å². The zero-order chi connectivity index (χ0) is 14.6. The average Bonchev–Trinajstić information content (AvgIpc) is 2.46. The summed E-state index contributed by atoms with van der Waals surface area (Å²) in [7, 11) is 1.83. The maximum atomic E-state index is 5.59. The molecule has 0 aromatic heterocycles. The molecule has 0 aromatic carbocycles. The van der Waals surface area contributed by atoms with Crippen molar-refractivity contribution in [3.63, 3.8) is 0 Å². The lowest BCUT2D eigenvalue weighted by Gasteiger charge is -2.50. The average molecular weight is 282 g/mol. The molecule has 1 heterocycles. The fourth-order valence-electron chi connectivity index (χ4n) is 3.78. The van der Waals surface area contributed by atoms with Crippen LogP contribution in [0.5, 0.6) is 0 Å². The zero-order valence-electron chi connectivity index (χ0n) is 14.0. The summed E-state index contributed by atoms with van der Waals surface area (Å²) in [5.74, 6) is 0. The summed E-state index contributed by atoms with van der Waals surface area (Å²) >= 11 is 0. The molecule has 1 unspecified atom stereocenters. The van der Waals surface area contributed by atoms with Crippen LogP contribution in [0, 0.1) is 0 Å². The monoisotopic (exact) mass is 282 g/mol. The lowest BCUT2D eigenvalue weighted by molar-refractivity contribution is -0.00982. The summed E-state index contributed by atoms with van der Waals surface area (Å²) in [6, 6.07) is 0.704. The molecule has 1 N–H and O–H groups in total. The van der Waals surface area contributed by atoms with E-state index in [1.165, 1.54) is 58.2 Å². The zero-order valence-corrected chi connectivity index (χ0v) is 14.0. The molecule has 1 atom stereocenters. The number of ether oxygens (including phenoxy) is 1. The summed E-state index contributed by atoms with van der Waals surface area (Å²) in [6.07, 6.45) is 9.34. The summed E-state index contributed by atoms with van der Waals surface area (Å²) in [6.45, 7) is 10.3. The molecular formula is C17H34N2O. The molecular weight excluding hydrogens is 248 g/mol. The summed E-state index contributed by atoms with van der Waals surface area (Å²) < 4.78 is 5.59. The third-order valence-electron chi connectivity index (χ3n) is 5.57. The van der Waals surface area contributed by atoms with E-state index in [1.807, 2.05) is 7.11 Å².